The van der Waals surface area contributed by atoms with Crippen LogP contribution in [0.15, 0.2) is 47.1 Å². The quantitative estimate of drug-likeness (QED) is 0.532. The molecule has 0 aliphatic heterocycles. The lowest BCUT2D eigenvalue weighted by molar-refractivity contribution is -0.112. The molecule has 1 aromatic carbocycles. The van der Waals surface area contributed by atoms with Crippen molar-refractivity contribution in [3.8, 4) is 5.75 Å². The topological polar surface area (TPSA) is 26.3 Å². The van der Waals surface area contributed by atoms with E-state index in [9.17, 15) is 4.79 Å². The number of hydrogen-bond acceptors (Lipinski definition) is 2. The summed E-state index contributed by atoms with van der Waals surface area (Å²) < 4.78 is 5.23. The molecular formula is C20H26O2. The fourth-order valence-electron chi connectivity index (χ4n) is 3.23. The molecule has 0 amide bonds. The summed E-state index contributed by atoms with van der Waals surface area (Å²) in [5.74, 6) is 1.21. The summed E-state index contributed by atoms with van der Waals surface area (Å²) in [5.41, 5.74) is 4.34. The Hall–Kier alpha value is -1.83. The first-order valence-corrected chi connectivity index (χ1v) is 8.22. The standard InChI is InChI=1S/C20H26O2/c1-5-7-8-9-18-19(14(3)17(6-2)20(18)21)15-10-12-16(22-4)13-11-15/h9-13,19H,5-8H2,1-4H3/b18-9-. The number of hydrogen-bond donors (Lipinski definition) is 0. The Labute approximate surface area is 133 Å². The second-order valence-corrected chi connectivity index (χ2v) is 5.85. The highest BCUT2D eigenvalue weighted by atomic mass is 16.5. The van der Waals surface area contributed by atoms with Crippen LogP contribution >= 0.6 is 0 Å². The van der Waals surface area contributed by atoms with Crippen molar-refractivity contribution in [2.75, 3.05) is 7.11 Å². The van der Waals surface area contributed by atoms with Gasteiger partial charge in [-0.15, -0.1) is 0 Å². The van der Waals surface area contributed by atoms with Gasteiger partial charge in [-0.25, -0.2) is 0 Å². The Morgan fingerprint density at radius 1 is 1.18 bits per heavy atom. The molecule has 2 heteroatoms. The maximum atomic E-state index is 12.7. The van der Waals surface area contributed by atoms with Crippen molar-refractivity contribution in [3.05, 3.63) is 52.6 Å². The molecule has 22 heavy (non-hydrogen) atoms. The number of ketones is 1. The Kier molecular flexibility index (Phi) is 5.59. The molecule has 1 aliphatic rings. The second kappa shape index (κ2) is 7.44. The number of ether oxygens (including phenoxy) is 1. The fraction of sp³-hybridized carbons (Fsp3) is 0.450. The van der Waals surface area contributed by atoms with Gasteiger partial charge in [-0.05, 0) is 43.0 Å². The van der Waals surface area contributed by atoms with Gasteiger partial charge in [0.2, 0.25) is 0 Å². The zero-order chi connectivity index (χ0) is 16.1. The van der Waals surface area contributed by atoms with Crippen LogP contribution in [0.5, 0.6) is 5.75 Å². The number of carbonyl (C=O) groups is 1. The summed E-state index contributed by atoms with van der Waals surface area (Å²) in [6.45, 7) is 6.35. The van der Waals surface area contributed by atoms with E-state index >= 15 is 0 Å². The second-order valence-electron chi connectivity index (χ2n) is 5.85. The first kappa shape index (κ1) is 16.5. The molecule has 0 fully saturated rings. The van der Waals surface area contributed by atoms with E-state index in [1.165, 1.54) is 11.1 Å². The number of benzene rings is 1. The normalized spacial score (nSPS) is 20.1. The highest BCUT2D eigenvalue weighted by molar-refractivity contribution is 6.13. The monoisotopic (exact) mass is 298 g/mol. The molecule has 0 radical (unpaired) electrons. The molecule has 1 aliphatic carbocycles. The first-order chi connectivity index (χ1) is 10.6. The van der Waals surface area contributed by atoms with Gasteiger partial charge in [-0.3, -0.25) is 4.79 Å². The summed E-state index contributed by atoms with van der Waals surface area (Å²) in [4.78, 5) is 12.7. The molecule has 0 heterocycles. The molecule has 1 atom stereocenters. The highest BCUT2D eigenvalue weighted by Gasteiger charge is 2.34. The molecule has 0 saturated carbocycles. The van der Waals surface area contributed by atoms with Gasteiger partial charge in [0, 0.05) is 11.5 Å². The Morgan fingerprint density at radius 3 is 2.41 bits per heavy atom. The van der Waals surface area contributed by atoms with Crippen LogP contribution in [-0.4, -0.2) is 12.9 Å². The van der Waals surface area contributed by atoms with Crippen LogP contribution in [0.4, 0.5) is 0 Å². The lowest BCUT2D eigenvalue weighted by atomic mass is 9.88. The molecule has 118 valence electrons. The molecule has 1 aromatic rings. The predicted octanol–water partition coefficient (Wildman–Crippen LogP) is 5.20. The van der Waals surface area contributed by atoms with E-state index in [0.717, 1.165) is 42.6 Å². The van der Waals surface area contributed by atoms with Crippen LogP contribution in [0.1, 0.15) is 57.9 Å². The van der Waals surface area contributed by atoms with Gasteiger partial charge in [0.25, 0.3) is 0 Å². The summed E-state index contributed by atoms with van der Waals surface area (Å²) in [6, 6.07) is 8.10. The van der Waals surface area contributed by atoms with Gasteiger partial charge in [0.05, 0.1) is 7.11 Å². The van der Waals surface area contributed by atoms with Crippen molar-refractivity contribution in [2.24, 2.45) is 0 Å². The summed E-state index contributed by atoms with van der Waals surface area (Å²) >= 11 is 0. The molecule has 0 N–H and O–H groups in total. The van der Waals surface area contributed by atoms with Crippen molar-refractivity contribution < 1.29 is 9.53 Å². The SMILES string of the molecule is CCCC/C=C1\C(=O)C(CC)=C(C)C1c1ccc(OC)cc1. The largest absolute Gasteiger partial charge is 0.497 e. The Morgan fingerprint density at radius 2 is 1.86 bits per heavy atom. The summed E-state index contributed by atoms with van der Waals surface area (Å²) in [6.07, 6.45) is 6.23. The molecule has 2 rings (SSSR count). The van der Waals surface area contributed by atoms with Gasteiger partial charge < -0.3 is 4.74 Å². The van der Waals surface area contributed by atoms with Gasteiger partial charge >= 0.3 is 0 Å². The molecule has 1 unspecified atom stereocenters. The van der Waals surface area contributed by atoms with Crippen molar-refractivity contribution in [1.29, 1.82) is 0 Å². The summed E-state index contributed by atoms with van der Waals surface area (Å²) in [7, 11) is 1.67. The molecular weight excluding hydrogens is 272 g/mol. The fourth-order valence-corrected chi connectivity index (χ4v) is 3.23. The van der Waals surface area contributed by atoms with Crippen LogP contribution in [-0.2, 0) is 4.79 Å². The van der Waals surface area contributed by atoms with Gasteiger partial charge in [0.15, 0.2) is 5.78 Å². The Bertz CT molecular complexity index is 591. The zero-order valence-electron chi connectivity index (χ0n) is 14.1. The third-order valence-corrected chi connectivity index (χ3v) is 4.48. The van der Waals surface area contributed by atoms with E-state index < -0.39 is 0 Å². The van der Waals surface area contributed by atoms with Crippen LogP contribution in [0.2, 0.25) is 0 Å². The summed E-state index contributed by atoms with van der Waals surface area (Å²) in [5, 5.41) is 0. The van der Waals surface area contributed by atoms with E-state index in [0.29, 0.717) is 0 Å². The number of carbonyl (C=O) groups excluding carboxylic acids is 1. The zero-order valence-corrected chi connectivity index (χ0v) is 14.1. The average Bonchev–Trinajstić information content (AvgIpc) is 2.78. The van der Waals surface area contributed by atoms with E-state index in [4.69, 9.17) is 4.74 Å². The minimum Gasteiger partial charge on any atom is -0.497 e. The maximum absolute atomic E-state index is 12.7. The first-order valence-electron chi connectivity index (χ1n) is 8.22. The van der Waals surface area contributed by atoms with E-state index in [1.54, 1.807) is 7.11 Å². The predicted molar refractivity (Wildman–Crippen MR) is 91.3 cm³/mol. The molecule has 0 aromatic heterocycles. The lowest BCUT2D eigenvalue weighted by Gasteiger charge is -2.15. The van der Waals surface area contributed by atoms with E-state index in [-0.39, 0.29) is 11.7 Å². The van der Waals surface area contributed by atoms with Gasteiger partial charge in [0.1, 0.15) is 5.75 Å². The van der Waals surface area contributed by atoms with Crippen LogP contribution in [0.3, 0.4) is 0 Å². The minimum atomic E-state index is 0.116. The maximum Gasteiger partial charge on any atom is 0.185 e. The number of Topliss-reactive ketones (excluding diaryl/α,β-unsaturated/α-hetero) is 1. The Balaban J connectivity index is 2.39. The van der Waals surface area contributed by atoms with Crippen molar-refractivity contribution in [1.82, 2.24) is 0 Å². The van der Waals surface area contributed by atoms with E-state index in [2.05, 4.69) is 39.0 Å². The third kappa shape index (κ3) is 3.16. The van der Waals surface area contributed by atoms with Crippen LogP contribution < -0.4 is 4.74 Å². The van der Waals surface area contributed by atoms with Crippen molar-refractivity contribution >= 4 is 5.78 Å². The van der Waals surface area contributed by atoms with E-state index in [1.807, 2.05) is 12.1 Å². The minimum absolute atomic E-state index is 0.116. The molecule has 0 bridgehead atoms. The molecule has 0 spiro atoms. The average molecular weight is 298 g/mol. The lowest BCUT2D eigenvalue weighted by Crippen LogP contribution is -2.05. The van der Waals surface area contributed by atoms with Crippen LogP contribution in [0.25, 0.3) is 0 Å². The van der Waals surface area contributed by atoms with Crippen LogP contribution in [0, 0.1) is 0 Å². The number of rotatable bonds is 6. The number of allylic oxidation sites excluding steroid dienone is 4. The third-order valence-electron chi connectivity index (χ3n) is 4.48. The van der Waals surface area contributed by atoms with Crippen molar-refractivity contribution in [2.45, 2.75) is 52.4 Å². The number of methoxy groups -OCH3 is 1. The molecule has 0 saturated heterocycles. The number of unbranched alkanes of at least 4 members (excludes halogenated alkanes) is 2. The van der Waals surface area contributed by atoms with Gasteiger partial charge in [-0.2, -0.15) is 0 Å². The molecule has 2 nitrogen and oxygen atoms in total. The van der Waals surface area contributed by atoms with Crippen molar-refractivity contribution in [3.63, 3.8) is 0 Å². The van der Waals surface area contributed by atoms with Gasteiger partial charge in [-0.1, -0.05) is 50.5 Å². The highest BCUT2D eigenvalue weighted by Crippen LogP contribution is 2.42. The smallest absolute Gasteiger partial charge is 0.185 e.